The van der Waals surface area contributed by atoms with Gasteiger partial charge in [-0.2, -0.15) is 0 Å². The van der Waals surface area contributed by atoms with E-state index in [1.165, 1.54) is 6.07 Å². The molecular formula is C20H20N2O4. The smallest absolute Gasteiger partial charge is 0.336 e. The Morgan fingerprint density at radius 1 is 1.27 bits per heavy atom. The highest BCUT2D eigenvalue weighted by Gasteiger charge is 2.15. The van der Waals surface area contributed by atoms with Crippen molar-refractivity contribution in [3.63, 3.8) is 0 Å². The first-order valence-corrected chi connectivity index (χ1v) is 8.48. The summed E-state index contributed by atoms with van der Waals surface area (Å²) in [6.07, 6.45) is 1.71. The van der Waals surface area contributed by atoms with Crippen molar-refractivity contribution in [2.45, 2.75) is 32.9 Å². The maximum Gasteiger partial charge on any atom is 0.336 e. The lowest BCUT2D eigenvalue weighted by molar-refractivity contribution is -0.127. The van der Waals surface area contributed by atoms with Crippen LogP contribution in [0.4, 0.5) is 0 Å². The minimum atomic E-state index is -0.697. The monoisotopic (exact) mass is 352 g/mol. The number of ether oxygens (including phenoxy) is 1. The highest BCUT2D eigenvalue weighted by Crippen LogP contribution is 2.23. The van der Waals surface area contributed by atoms with Gasteiger partial charge in [0.05, 0.1) is 12.2 Å². The average Bonchev–Trinajstić information content (AvgIpc) is 2.65. The Morgan fingerprint density at radius 3 is 2.85 bits per heavy atom. The number of hydrogen-bond acceptors (Lipinski definition) is 5. The molecule has 1 N–H and O–H groups in total. The van der Waals surface area contributed by atoms with E-state index in [9.17, 15) is 9.59 Å². The number of hydrogen-bond donors (Lipinski definition) is 1. The van der Waals surface area contributed by atoms with Crippen molar-refractivity contribution in [3.8, 4) is 5.75 Å². The molecule has 0 aliphatic carbocycles. The quantitative estimate of drug-likeness (QED) is 0.690. The molecule has 3 rings (SSSR count). The number of carbonyl (C=O) groups is 1. The van der Waals surface area contributed by atoms with Gasteiger partial charge in [-0.3, -0.25) is 9.78 Å². The summed E-state index contributed by atoms with van der Waals surface area (Å²) in [5.74, 6) is 0.217. The third kappa shape index (κ3) is 4.08. The van der Waals surface area contributed by atoms with E-state index in [0.29, 0.717) is 17.9 Å². The molecular weight excluding hydrogens is 332 g/mol. The van der Waals surface area contributed by atoms with Gasteiger partial charge in [0, 0.05) is 23.7 Å². The van der Waals surface area contributed by atoms with Crippen LogP contribution in [0.1, 0.15) is 25.1 Å². The van der Waals surface area contributed by atoms with E-state index >= 15 is 0 Å². The van der Waals surface area contributed by atoms with Gasteiger partial charge in [-0.1, -0.05) is 13.0 Å². The van der Waals surface area contributed by atoms with Crippen LogP contribution in [0, 0.1) is 0 Å². The molecule has 0 aliphatic rings. The molecule has 3 aromatic rings. The summed E-state index contributed by atoms with van der Waals surface area (Å²) in [5, 5.41) is 3.65. The molecule has 26 heavy (non-hydrogen) atoms. The number of nitrogens with zero attached hydrogens (tertiary/aromatic N) is 1. The summed E-state index contributed by atoms with van der Waals surface area (Å²) in [4.78, 5) is 28.0. The predicted molar refractivity (Wildman–Crippen MR) is 98.0 cm³/mol. The molecule has 0 aliphatic heterocycles. The normalized spacial score (nSPS) is 11.9. The van der Waals surface area contributed by atoms with Gasteiger partial charge in [0.25, 0.3) is 5.91 Å². The fraction of sp³-hybridized carbons (Fsp3) is 0.250. The lowest BCUT2D eigenvalue weighted by atomic mass is 10.1. The number of benzene rings is 1. The molecule has 1 aromatic carbocycles. The molecule has 6 nitrogen and oxygen atoms in total. The van der Waals surface area contributed by atoms with Gasteiger partial charge in [0.1, 0.15) is 11.3 Å². The predicted octanol–water partition coefficient (Wildman–Crippen LogP) is 2.83. The van der Waals surface area contributed by atoms with E-state index in [4.69, 9.17) is 9.15 Å². The van der Waals surface area contributed by atoms with Gasteiger partial charge in [-0.15, -0.1) is 0 Å². The molecule has 2 aromatic heterocycles. The number of pyridine rings is 1. The number of rotatable bonds is 6. The van der Waals surface area contributed by atoms with E-state index in [-0.39, 0.29) is 5.91 Å². The maximum atomic E-state index is 12.2. The largest absolute Gasteiger partial charge is 0.481 e. The number of amides is 1. The van der Waals surface area contributed by atoms with Crippen molar-refractivity contribution >= 4 is 16.9 Å². The Morgan fingerprint density at radius 2 is 2.12 bits per heavy atom. The summed E-state index contributed by atoms with van der Waals surface area (Å²) < 4.78 is 10.9. The topological polar surface area (TPSA) is 81.4 Å². The van der Waals surface area contributed by atoms with Crippen LogP contribution in [0.2, 0.25) is 0 Å². The number of nitrogens with one attached hydrogen (secondary N) is 1. The summed E-state index contributed by atoms with van der Waals surface area (Å²) >= 11 is 0. The van der Waals surface area contributed by atoms with Gasteiger partial charge >= 0.3 is 5.63 Å². The summed E-state index contributed by atoms with van der Waals surface area (Å²) in [6.45, 7) is 3.98. The second-order valence-electron chi connectivity index (χ2n) is 5.90. The van der Waals surface area contributed by atoms with Crippen LogP contribution in [0.25, 0.3) is 11.0 Å². The van der Waals surface area contributed by atoms with Crippen molar-refractivity contribution < 1.29 is 13.9 Å². The van der Waals surface area contributed by atoms with Crippen molar-refractivity contribution in [1.29, 1.82) is 0 Å². The fourth-order valence-electron chi connectivity index (χ4n) is 2.66. The Balaban J connectivity index is 1.69. The number of fused-ring (bicyclic) bond motifs is 1. The van der Waals surface area contributed by atoms with Crippen LogP contribution in [-0.2, 0) is 17.8 Å². The zero-order valence-electron chi connectivity index (χ0n) is 14.7. The SMILES string of the molecule is CCc1cc(=O)oc2cc(OC(C)C(=O)NCc3ccccn3)ccc12. The van der Waals surface area contributed by atoms with Crippen LogP contribution < -0.4 is 15.7 Å². The summed E-state index contributed by atoms with van der Waals surface area (Å²) in [5.41, 5.74) is 1.75. The Kier molecular flexibility index (Phi) is 5.31. The van der Waals surface area contributed by atoms with Crippen molar-refractivity contribution in [1.82, 2.24) is 10.3 Å². The zero-order valence-corrected chi connectivity index (χ0v) is 14.7. The number of aryl methyl sites for hydroxylation is 1. The van der Waals surface area contributed by atoms with Gasteiger partial charge in [0.15, 0.2) is 6.10 Å². The maximum absolute atomic E-state index is 12.2. The second-order valence-corrected chi connectivity index (χ2v) is 5.90. The average molecular weight is 352 g/mol. The highest BCUT2D eigenvalue weighted by molar-refractivity contribution is 5.82. The van der Waals surface area contributed by atoms with E-state index < -0.39 is 11.7 Å². The zero-order chi connectivity index (χ0) is 18.5. The molecule has 134 valence electrons. The molecule has 1 atom stereocenters. The first-order valence-electron chi connectivity index (χ1n) is 8.48. The van der Waals surface area contributed by atoms with Crippen molar-refractivity contribution in [3.05, 3.63) is 70.3 Å². The lowest BCUT2D eigenvalue weighted by Gasteiger charge is -2.15. The Bertz CT molecular complexity index is 966. The van der Waals surface area contributed by atoms with Crippen LogP contribution in [0.15, 0.2) is 57.9 Å². The first kappa shape index (κ1) is 17.7. The molecule has 0 spiro atoms. The number of carbonyl (C=O) groups excluding carboxylic acids is 1. The van der Waals surface area contributed by atoms with Gasteiger partial charge in [0.2, 0.25) is 0 Å². The minimum Gasteiger partial charge on any atom is -0.481 e. The summed E-state index contributed by atoms with van der Waals surface area (Å²) in [7, 11) is 0. The van der Waals surface area contributed by atoms with Crippen LogP contribution in [-0.4, -0.2) is 17.0 Å². The van der Waals surface area contributed by atoms with Crippen molar-refractivity contribution in [2.75, 3.05) is 0 Å². The molecule has 6 heteroatoms. The molecule has 0 fully saturated rings. The van der Waals surface area contributed by atoms with E-state index in [2.05, 4.69) is 10.3 Å². The minimum absolute atomic E-state index is 0.250. The van der Waals surface area contributed by atoms with Crippen molar-refractivity contribution in [2.24, 2.45) is 0 Å². The molecule has 0 bridgehead atoms. The summed E-state index contributed by atoms with van der Waals surface area (Å²) in [6, 6.07) is 12.3. The van der Waals surface area contributed by atoms with Crippen LogP contribution in [0.3, 0.4) is 0 Å². The molecule has 2 heterocycles. The van der Waals surface area contributed by atoms with E-state index in [1.807, 2.05) is 31.2 Å². The highest BCUT2D eigenvalue weighted by atomic mass is 16.5. The lowest BCUT2D eigenvalue weighted by Crippen LogP contribution is -2.36. The van der Waals surface area contributed by atoms with Crippen LogP contribution >= 0.6 is 0 Å². The van der Waals surface area contributed by atoms with Gasteiger partial charge < -0.3 is 14.5 Å². The first-order chi connectivity index (χ1) is 12.6. The van der Waals surface area contributed by atoms with Crippen LogP contribution in [0.5, 0.6) is 5.75 Å². The third-order valence-corrected chi connectivity index (χ3v) is 4.03. The van der Waals surface area contributed by atoms with Gasteiger partial charge in [-0.05, 0) is 43.2 Å². The fourth-order valence-corrected chi connectivity index (χ4v) is 2.66. The Hall–Kier alpha value is -3.15. The van der Waals surface area contributed by atoms with E-state index in [1.54, 1.807) is 25.3 Å². The second kappa shape index (κ2) is 7.82. The molecule has 0 saturated carbocycles. The molecule has 0 radical (unpaired) electrons. The Labute approximate surface area is 150 Å². The standard InChI is InChI=1S/C20H20N2O4/c1-3-14-10-19(23)26-18-11-16(7-8-17(14)18)25-13(2)20(24)22-12-15-6-4-5-9-21-15/h4-11,13H,3,12H2,1-2H3,(H,22,24). The van der Waals surface area contributed by atoms with Gasteiger partial charge in [-0.25, -0.2) is 4.79 Å². The van der Waals surface area contributed by atoms with E-state index in [0.717, 1.165) is 23.1 Å². The molecule has 1 unspecified atom stereocenters. The number of aromatic nitrogens is 1. The molecule has 1 amide bonds. The molecule has 0 saturated heterocycles. The third-order valence-electron chi connectivity index (χ3n) is 4.03.